The van der Waals surface area contributed by atoms with E-state index in [0.29, 0.717) is 5.92 Å². The third kappa shape index (κ3) is 8.59. The molecule has 0 unspecified atom stereocenters. The highest BCUT2D eigenvalue weighted by molar-refractivity contribution is 5.27. The third-order valence-corrected chi connectivity index (χ3v) is 7.12. The summed E-state index contributed by atoms with van der Waals surface area (Å²) in [6.45, 7) is 2.22. The van der Waals surface area contributed by atoms with Crippen molar-refractivity contribution in [1.82, 2.24) is 0 Å². The van der Waals surface area contributed by atoms with Gasteiger partial charge in [-0.05, 0) is 55.8 Å². The fourth-order valence-electron chi connectivity index (χ4n) is 5.27. The minimum Gasteiger partial charge on any atom is -0.422 e. The first-order valence-electron chi connectivity index (χ1n) is 12.1. The largest absolute Gasteiger partial charge is 0.461 e. The summed E-state index contributed by atoms with van der Waals surface area (Å²) in [6, 6.07) is 0.0555. The zero-order valence-electron chi connectivity index (χ0n) is 19.5. The van der Waals surface area contributed by atoms with E-state index in [0.717, 1.165) is 24.2 Å². The number of rotatable bonds is 8. The van der Waals surface area contributed by atoms with Crippen LogP contribution in [-0.4, -0.2) is 19.2 Å². The number of ether oxygens (including phenoxy) is 1. The van der Waals surface area contributed by atoms with Gasteiger partial charge in [-0.15, -0.1) is 0 Å². The maximum atomic E-state index is 12.7. The van der Waals surface area contributed by atoms with E-state index in [1.165, 1.54) is 64.2 Å². The summed E-state index contributed by atoms with van der Waals surface area (Å²) in [7, 11) is 0. The Bertz CT molecular complexity index is 679. The molecule has 0 N–H and O–H groups in total. The quantitative estimate of drug-likeness (QED) is 0.322. The predicted octanol–water partition coefficient (Wildman–Crippen LogP) is 9.10. The van der Waals surface area contributed by atoms with Crippen molar-refractivity contribution in [3.63, 3.8) is 0 Å². The molecule has 2 aliphatic carbocycles. The van der Waals surface area contributed by atoms with E-state index in [-0.39, 0.29) is 18.8 Å². The maximum absolute atomic E-state index is 12.7. The molecule has 9 heteroatoms. The minimum absolute atomic E-state index is 0.0277. The number of hydrogen-bond acceptors (Lipinski definition) is 1. The lowest BCUT2D eigenvalue weighted by atomic mass is 9.68. The smallest absolute Gasteiger partial charge is 0.422 e. The Morgan fingerprint density at radius 3 is 1.65 bits per heavy atom. The predicted molar refractivity (Wildman–Crippen MR) is 114 cm³/mol. The molecule has 0 amide bonds. The van der Waals surface area contributed by atoms with E-state index in [1.54, 1.807) is 0 Å². The summed E-state index contributed by atoms with van der Waals surface area (Å²) in [5.41, 5.74) is 0. The molecule has 0 saturated heterocycles. The first-order chi connectivity index (χ1) is 16.1. The lowest BCUT2D eigenvalue weighted by Gasteiger charge is -2.37. The van der Waals surface area contributed by atoms with Crippen LogP contribution in [0.3, 0.4) is 0 Å². The maximum Gasteiger partial charge on any atom is 0.461 e. The molecule has 0 aromatic heterocycles. The monoisotopic (exact) mass is 502 g/mol. The third-order valence-electron chi connectivity index (χ3n) is 7.12. The second-order valence-corrected chi connectivity index (χ2v) is 9.49. The van der Waals surface area contributed by atoms with E-state index in [1.807, 2.05) is 0 Å². The van der Waals surface area contributed by atoms with Gasteiger partial charge in [-0.1, -0.05) is 45.4 Å². The summed E-state index contributed by atoms with van der Waals surface area (Å²) >= 11 is 0. The van der Waals surface area contributed by atoms with Crippen LogP contribution in [0, 0.1) is 41.1 Å². The van der Waals surface area contributed by atoms with Crippen LogP contribution in [0.4, 0.5) is 35.1 Å². The Labute approximate surface area is 196 Å². The Morgan fingerprint density at radius 1 is 0.824 bits per heavy atom. The van der Waals surface area contributed by atoms with Crippen molar-refractivity contribution in [2.24, 2.45) is 23.7 Å². The van der Waals surface area contributed by atoms with Gasteiger partial charge in [0.05, 0.1) is 6.67 Å². The summed E-state index contributed by atoms with van der Waals surface area (Å²) in [4.78, 5) is 0. The van der Waals surface area contributed by atoms with Crippen LogP contribution in [0.1, 0.15) is 77.6 Å². The van der Waals surface area contributed by atoms with Gasteiger partial charge < -0.3 is 4.74 Å². The summed E-state index contributed by atoms with van der Waals surface area (Å²) in [6.07, 6.45) is 5.69. The topological polar surface area (TPSA) is 9.23 Å². The van der Waals surface area contributed by atoms with E-state index in [4.69, 9.17) is 0 Å². The number of benzene rings is 1. The van der Waals surface area contributed by atoms with Crippen LogP contribution < -0.4 is 4.74 Å². The zero-order valence-corrected chi connectivity index (χ0v) is 19.5. The standard InChI is InChI=1S/C17H31F.C8H3F7O/c1-2-3-14-4-8-16(9-5-14)17-10-6-15(7-11-17)12-13-18;9-3-1-4(10)6(5(11)2-3)16-8(14,15)7(12)13/h14-17H,2-13H2,1H3;1-2,7H. The fourth-order valence-corrected chi connectivity index (χ4v) is 5.27. The molecule has 1 nitrogen and oxygen atoms in total. The fraction of sp³-hybridized carbons (Fsp3) is 0.760. The molecule has 2 fully saturated rings. The highest BCUT2D eigenvalue weighted by Crippen LogP contribution is 2.42. The minimum atomic E-state index is -5.06. The van der Waals surface area contributed by atoms with E-state index >= 15 is 0 Å². The van der Waals surface area contributed by atoms with Gasteiger partial charge in [-0.3, -0.25) is 4.39 Å². The van der Waals surface area contributed by atoms with Crippen molar-refractivity contribution in [3.05, 3.63) is 29.6 Å². The van der Waals surface area contributed by atoms with Gasteiger partial charge in [0.25, 0.3) is 0 Å². The average Bonchev–Trinajstić information content (AvgIpc) is 2.78. The first-order valence-corrected chi connectivity index (χ1v) is 12.1. The van der Waals surface area contributed by atoms with Crippen LogP contribution in [0.15, 0.2) is 12.1 Å². The molecule has 0 atom stereocenters. The second-order valence-electron chi connectivity index (χ2n) is 9.49. The van der Waals surface area contributed by atoms with Crippen molar-refractivity contribution < 1.29 is 39.9 Å². The SMILES string of the molecule is CCCC1CCC(C2CCC(CCF)CC2)CC1.Fc1cc(F)c(OC(F)(F)C(F)F)c(F)c1. The van der Waals surface area contributed by atoms with Crippen LogP contribution in [0.5, 0.6) is 5.75 Å². The van der Waals surface area contributed by atoms with Crippen LogP contribution in [0.2, 0.25) is 0 Å². The normalized spacial score (nSPS) is 25.6. The molecule has 0 bridgehead atoms. The lowest BCUT2D eigenvalue weighted by molar-refractivity contribution is -0.255. The van der Waals surface area contributed by atoms with Gasteiger partial charge in [-0.2, -0.15) is 17.6 Å². The highest BCUT2D eigenvalue weighted by atomic mass is 19.3. The van der Waals surface area contributed by atoms with Gasteiger partial charge in [0.15, 0.2) is 17.4 Å². The Morgan fingerprint density at radius 2 is 1.26 bits per heavy atom. The average molecular weight is 503 g/mol. The van der Waals surface area contributed by atoms with Crippen molar-refractivity contribution in [1.29, 1.82) is 0 Å². The lowest BCUT2D eigenvalue weighted by Crippen LogP contribution is -2.34. The van der Waals surface area contributed by atoms with Crippen molar-refractivity contribution >= 4 is 0 Å². The van der Waals surface area contributed by atoms with Gasteiger partial charge in [0, 0.05) is 12.1 Å². The van der Waals surface area contributed by atoms with Crippen LogP contribution >= 0.6 is 0 Å². The van der Waals surface area contributed by atoms with Gasteiger partial charge in [0.1, 0.15) is 5.82 Å². The molecule has 2 aliphatic rings. The Kier molecular flexibility index (Phi) is 11.4. The molecule has 0 radical (unpaired) electrons. The highest BCUT2D eigenvalue weighted by Gasteiger charge is 2.45. The molecule has 3 rings (SSSR count). The van der Waals surface area contributed by atoms with Gasteiger partial charge in [0.2, 0.25) is 0 Å². The van der Waals surface area contributed by atoms with Crippen LogP contribution in [-0.2, 0) is 0 Å². The molecular formula is C25H34F8O. The number of hydrogen-bond donors (Lipinski definition) is 0. The van der Waals surface area contributed by atoms with E-state index in [2.05, 4.69) is 11.7 Å². The summed E-state index contributed by atoms with van der Waals surface area (Å²) in [5.74, 6) is -3.06. The van der Waals surface area contributed by atoms with Crippen LogP contribution in [0.25, 0.3) is 0 Å². The molecule has 1 aromatic rings. The molecule has 0 heterocycles. The van der Waals surface area contributed by atoms with Gasteiger partial charge >= 0.3 is 12.5 Å². The molecule has 196 valence electrons. The molecule has 0 aliphatic heterocycles. The summed E-state index contributed by atoms with van der Waals surface area (Å²) in [5, 5.41) is 0. The molecule has 0 spiro atoms. The zero-order chi connectivity index (χ0) is 25.3. The Hall–Kier alpha value is -1.54. The van der Waals surface area contributed by atoms with Crippen molar-refractivity contribution in [2.45, 2.75) is 90.1 Å². The van der Waals surface area contributed by atoms with E-state index in [9.17, 15) is 35.1 Å². The Balaban J connectivity index is 0.000000242. The number of halogens is 8. The first kappa shape index (κ1) is 28.7. The van der Waals surface area contributed by atoms with E-state index < -0.39 is 35.7 Å². The molecule has 2 saturated carbocycles. The number of alkyl halides is 5. The molecular weight excluding hydrogens is 468 g/mol. The van der Waals surface area contributed by atoms with Crippen molar-refractivity contribution in [3.8, 4) is 5.75 Å². The van der Waals surface area contributed by atoms with Crippen molar-refractivity contribution in [2.75, 3.05) is 6.67 Å². The molecule has 34 heavy (non-hydrogen) atoms. The van der Waals surface area contributed by atoms with Gasteiger partial charge in [-0.25, -0.2) is 13.2 Å². The molecule has 1 aromatic carbocycles. The second kappa shape index (κ2) is 13.5. The summed E-state index contributed by atoms with van der Waals surface area (Å²) < 4.78 is 101.